The van der Waals surface area contributed by atoms with E-state index in [1.807, 2.05) is 0 Å². The van der Waals surface area contributed by atoms with Gasteiger partial charge in [-0.25, -0.2) is 0 Å². The predicted octanol–water partition coefficient (Wildman–Crippen LogP) is -0.815. The quantitative estimate of drug-likeness (QED) is 0.461. The number of nitrogens with one attached hydrogen (secondary N) is 1. The van der Waals surface area contributed by atoms with Gasteiger partial charge in [0.15, 0.2) is 0 Å². The fourth-order valence-corrected chi connectivity index (χ4v) is 1.45. The zero-order valence-electron chi connectivity index (χ0n) is 6.66. The summed E-state index contributed by atoms with van der Waals surface area (Å²) in [4.78, 5) is 0. The molecule has 11 heavy (non-hydrogen) atoms. The summed E-state index contributed by atoms with van der Waals surface area (Å²) in [5.74, 6) is -0.186. The molecule has 0 radical (unpaired) electrons. The first-order chi connectivity index (χ1) is 5.25. The fourth-order valence-electron chi connectivity index (χ4n) is 1.45. The Morgan fingerprint density at radius 1 is 1.55 bits per heavy atom. The van der Waals surface area contributed by atoms with Crippen LogP contribution < -0.4 is 5.32 Å². The van der Waals surface area contributed by atoms with E-state index in [4.69, 9.17) is 14.8 Å². The minimum Gasteiger partial charge on any atom is -0.427 e. The van der Waals surface area contributed by atoms with Crippen molar-refractivity contribution in [1.82, 2.24) is 5.32 Å². The third-order valence-corrected chi connectivity index (χ3v) is 2.09. The first-order valence-corrected chi connectivity index (χ1v) is 3.88. The molecule has 0 aromatic heterocycles. The Balaban J connectivity index is 2.44. The van der Waals surface area contributed by atoms with E-state index in [1.54, 1.807) is 7.11 Å². The maximum atomic E-state index is 8.91. The molecule has 1 fully saturated rings. The molecule has 64 valence electrons. The lowest BCUT2D eigenvalue weighted by atomic mass is 9.68. The molecule has 0 aromatic rings. The molecule has 1 saturated heterocycles. The van der Waals surface area contributed by atoms with Crippen molar-refractivity contribution in [2.75, 3.05) is 13.7 Å². The Morgan fingerprint density at radius 3 is 2.73 bits per heavy atom. The first-order valence-electron chi connectivity index (χ1n) is 3.88. The van der Waals surface area contributed by atoms with Crippen molar-refractivity contribution < 1.29 is 14.8 Å². The smallest absolute Gasteiger partial charge is 0.427 e. The van der Waals surface area contributed by atoms with Crippen molar-refractivity contribution >= 4 is 7.12 Å². The van der Waals surface area contributed by atoms with E-state index in [2.05, 4.69) is 5.32 Å². The van der Waals surface area contributed by atoms with Crippen molar-refractivity contribution in [2.45, 2.75) is 24.9 Å². The molecule has 3 N–H and O–H groups in total. The Labute approximate surface area is 66.7 Å². The highest BCUT2D eigenvalue weighted by molar-refractivity contribution is 6.43. The monoisotopic (exact) mass is 159 g/mol. The third kappa shape index (κ3) is 2.17. The number of hydrogen-bond acceptors (Lipinski definition) is 4. The van der Waals surface area contributed by atoms with Gasteiger partial charge in [-0.1, -0.05) is 0 Å². The molecule has 0 saturated carbocycles. The van der Waals surface area contributed by atoms with Crippen LogP contribution in [0.5, 0.6) is 0 Å². The van der Waals surface area contributed by atoms with Crippen molar-refractivity contribution in [3.8, 4) is 0 Å². The molecule has 0 bridgehead atoms. The van der Waals surface area contributed by atoms with Crippen molar-refractivity contribution in [3.63, 3.8) is 0 Å². The molecule has 2 atom stereocenters. The van der Waals surface area contributed by atoms with Crippen molar-refractivity contribution in [2.24, 2.45) is 0 Å². The standard InChI is InChI=1S/C6H14BNO3/c1-11-6-5(7(9)10)3-2-4-8-6/h5-6,8-10H,2-4H2,1H3. The first kappa shape index (κ1) is 9.00. The van der Waals surface area contributed by atoms with Gasteiger partial charge in [-0.05, 0) is 19.4 Å². The molecule has 2 unspecified atom stereocenters. The fraction of sp³-hybridized carbons (Fsp3) is 1.00. The highest BCUT2D eigenvalue weighted by atomic mass is 16.5. The van der Waals surface area contributed by atoms with Crippen LogP contribution in [-0.2, 0) is 4.74 Å². The third-order valence-electron chi connectivity index (χ3n) is 2.09. The van der Waals surface area contributed by atoms with E-state index >= 15 is 0 Å². The lowest BCUT2D eigenvalue weighted by molar-refractivity contribution is 0.0438. The zero-order chi connectivity index (χ0) is 8.27. The summed E-state index contributed by atoms with van der Waals surface area (Å²) in [6.45, 7) is 0.891. The van der Waals surface area contributed by atoms with Gasteiger partial charge in [0.2, 0.25) is 0 Å². The zero-order valence-corrected chi connectivity index (χ0v) is 6.66. The summed E-state index contributed by atoms with van der Waals surface area (Å²) in [5, 5.41) is 20.9. The molecule has 0 amide bonds. The lowest BCUT2D eigenvalue weighted by Crippen LogP contribution is -2.45. The summed E-state index contributed by atoms with van der Waals surface area (Å²) < 4.78 is 5.03. The van der Waals surface area contributed by atoms with Gasteiger partial charge in [0.1, 0.15) is 6.23 Å². The molecule has 1 heterocycles. The van der Waals surface area contributed by atoms with E-state index < -0.39 is 7.12 Å². The van der Waals surface area contributed by atoms with Crippen LogP contribution in [0.1, 0.15) is 12.8 Å². The maximum Gasteiger partial charge on any atom is 0.458 e. The van der Waals surface area contributed by atoms with Gasteiger partial charge in [-0.2, -0.15) is 0 Å². The molecule has 1 rings (SSSR count). The minimum absolute atomic E-state index is 0.186. The number of ether oxygens (including phenoxy) is 1. The summed E-state index contributed by atoms with van der Waals surface area (Å²) >= 11 is 0. The summed E-state index contributed by atoms with van der Waals surface area (Å²) in [6.07, 6.45) is 1.58. The maximum absolute atomic E-state index is 8.91. The minimum atomic E-state index is -1.27. The summed E-state index contributed by atoms with van der Waals surface area (Å²) in [6, 6.07) is 0. The van der Waals surface area contributed by atoms with Gasteiger partial charge in [-0.3, -0.25) is 5.32 Å². The molecule has 1 aliphatic rings. The van der Waals surface area contributed by atoms with E-state index in [-0.39, 0.29) is 12.0 Å². The van der Waals surface area contributed by atoms with E-state index in [9.17, 15) is 0 Å². The Hall–Kier alpha value is -0.0951. The van der Waals surface area contributed by atoms with Crippen LogP contribution in [0.3, 0.4) is 0 Å². The van der Waals surface area contributed by atoms with Gasteiger partial charge in [0, 0.05) is 12.9 Å². The topological polar surface area (TPSA) is 61.7 Å². The Morgan fingerprint density at radius 2 is 2.27 bits per heavy atom. The van der Waals surface area contributed by atoms with Gasteiger partial charge < -0.3 is 14.8 Å². The lowest BCUT2D eigenvalue weighted by Gasteiger charge is -2.30. The van der Waals surface area contributed by atoms with Crippen LogP contribution in [0.25, 0.3) is 0 Å². The molecular formula is C6H14BNO3. The van der Waals surface area contributed by atoms with Gasteiger partial charge in [-0.15, -0.1) is 0 Å². The average molecular weight is 159 g/mol. The van der Waals surface area contributed by atoms with Crippen LogP contribution in [0, 0.1) is 0 Å². The van der Waals surface area contributed by atoms with Crippen LogP contribution in [0.2, 0.25) is 5.82 Å². The van der Waals surface area contributed by atoms with Gasteiger partial charge >= 0.3 is 7.12 Å². The number of hydrogen-bond donors (Lipinski definition) is 3. The predicted molar refractivity (Wildman–Crippen MR) is 42.0 cm³/mol. The van der Waals surface area contributed by atoms with Crippen LogP contribution >= 0.6 is 0 Å². The molecule has 0 aromatic carbocycles. The van der Waals surface area contributed by atoms with Crippen LogP contribution in [0.15, 0.2) is 0 Å². The van der Waals surface area contributed by atoms with Crippen molar-refractivity contribution in [3.05, 3.63) is 0 Å². The van der Waals surface area contributed by atoms with Gasteiger partial charge in [0.25, 0.3) is 0 Å². The molecule has 1 aliphatic heterocycles. The summed E-state index contributed by atoms with van der Waals surface area (Å²) in [7, 11) is 0.297. The molecule has 4 nitrogen and oxygen atoms in total. The number of piperidine rings is 1. The molecule has 5 heteroatoms. The van der Waals surface area contributed by atoms with Gasteiger partial charge in [0.05, 0.1) is 0 Å². The largest absolute Gasteiger partial charge is 0.458 e. The van der Waals surface area contributed by atoms with E-state index in [0.29, 0.717) is 0 Å². The normalized spacial score (nSPS) is 31.9. The number of methoxy groups -OCH3 is 1. The molecule has 0 spiro atoms. The van der Waals surface area contributed by atoms with E-state index in [1.165, 1.54) is 0 Å². The second kappa shape index (κ2) is 4.06. The van der Waals surface area contributed by atoms with Crippen LogP contribution in [0.4, 0.5) is 0 Å². The SMILES string of the molecule is COC1NCCCC1B(O)O. The number of rotatable bonds is 2. The Bertz CT molecular complexity index is 122. The molecule has 0 aliphatic carbocycles. The second-order valence-corrected chi connectivity index (χ2v) is 2.83. The van der Waals surface area contributed by atoms with Crippen molar-refractivity contribution in [1.29, 1.82) is 0 Å². The highest BCUT2D eigenvalue weighted by Crippen LogP contribution is 2.23. The molecular weight excluding hydrogens is 145 g/mol. The highest BCUT2D eigenvalue weighted by Gasteiger charge is 2.33. The second-order valence-electron chi connectivity index (χ2n) is 2.83. The van der Waals surface area contributed by atoms with Crippen LogP contribution in [-0.4, -0.2) is 37.0 Å². The summed E-state index contributed by atoms with van der Waals surface area (Å²) in [5.41, 5.74) is 0. The van der Waals surface area contributed by atoms with E-state index in [0.717, 1.165) is 19.4 Å². The Kier molecular flexibility index (Phi) is 3.32. The average Bonchev–Trinajstić information content (AvgIpc) is 2.04.